The first kappa shape index (κ1) is 15.6. The van der Waals surface area contributed by atoms with Crippen LogP contribution in [0.4, 0.5) is 0 Å². The number of hydrogen-bond acceptors (Lipinski definition) is 5. The standard InChI is InChI=1S/C13H26N4S/c1-12-15-13(11-18-12)10-17(4)9-7-14-6-5-8-16(2)3/h11,14H,5-10H2,1-4H3. The van der Waals surface area contributed by atoms with Crippen LogP contribution < -0.4 is 5.32 Å². The van der Waals surface area contributed by atoms with Crippen molar-refractivity contribution in [3.8, 4) is 0 Å². The van der Waals surface area contributed by atoms with E-state index in [2.05, 4.69) is 53.5 Å². The van der Waals surface area contributed by atoms with Gasteiger partial charge in [0.1, 0.15) is 0 Å². The summed E-state index contributed by atoms with van der Waals surface area (Å²) in [6, 6.07) is 0. The molecule has 0 radical (unpaired) electrons. The van der Waals surface area contributed by atoms with Gasteiger partial charge >= 0.3 is 0 Å². The van der Waals surface area contributed by atoms with Gasteiger partial charge in [-0.15, -0.1) is 11.3 Å². The molecule has 1 rings (SSSR count). The van der Waals surface area contributed by atoms with E-state index in [4.69, 9.17) is 0 Å². The maximum absolute atomic E-state index is 4.48. The highest BCUT2D eigenvalue weighted by molar-refractivity contribution is 7.09. The van der Waals surface area contributed by atoms with Crippen LogP contribution in [0.15, 0.2) is 5.38 Å². The van der Waals surface area contributed by atoms with Gasteiger partial charge in [-0.3, -0.25) is 4.90 Å². The predicted molar refractivity (Wildman–Crippen MR) is 79.2 cm³/mol. The topological polar surface area (TPSA) is 31.4 Å². The molecule has 0 atom stereocenters. The predicted octanol–water partition coefficient (Wildman–Crippen LogP) is 1.42. The van der Waals surface area contributed by atoms with Crippen LogP contribution in [-0.2, 0) is 6.54 Å². The van der Waals surface area contributed by atoms with E-state index in [1.807, 2.05) is 0 Å². The van der Waals surface area contributed by atoms with E-state index in [1.54, 1.807) is 11.3 Å². The number of nitrogens with zero attached hydrogens (tertiary/aromatic N) is 3. The molecule has 0 bridgehead atoms. The van der Waals surface area contributed by atoms with Crippen LogP contribution in [0.1, 0.15) is 17.1 Å². The molecule has 1 aromatic rings. The zero-order chi connectivity index (χ0) is 13.4. The molecule has 0 aliphatic rings. The number of rotatable bonds is 9. The zero-order valence-corrected chi connectivity index (χ0v) is 12.9. The molecule has 0 aliphatic heterocycles. The Kier molecular flexibility index (Phi) is 7.42. The monoisotopic (exact) mass is 270 g/mol. The third-order valence-electron chi connectivity index (χ3n) is 2.73. The first-order chi connectivity index (χ1) is 8.58. The van der Waals surface area contributed by atoms with Gasteiger partial charge in [0, 0.05) is 25.0 Å². The Bertz CT molecular complexity index is 325. The van der Waals surface area contributed by atoms with Crippen LogP contribution in [0.3, 0.4) is 0 Å². The largest absolute Gasteiger partial charge is 0.315 e. The van der Waals surface area contributed by atoms with E-state index in [0.29, 0.717) is 0 Å². The highest BCUT2D eigenvalue weighted by Gasteiger charge is 2.02. The highest BCUT2D eigenvalue weighted by atomic mass is 32.1. The third kappa shape index (κ3) is 7.06. The van der Waals surface area contributed by atoms with E-state index in [-0.39, 0.29) is 0 Å². The summed E-state index contributed by atoms with van der Waals surface area (Å²) in [7, 11) is 6.38. The van der Waals surface area contributed by atoms with Crippen molar-refractivity contribution in [2.24, 2.45) is 0 Å². The molecule has 1 heterocycles. The smallest absolute Gasteiger partial charge is 0.0897 e. The van der Waals surface area contributed by atoms with Gasteiger partial charge in [0.15, 0.2) is 0 Å². The maximum atomic E-state index is 4.48. The average molecular weight is 270 g/mol. The Morgan fingerprint density at radius 2 is 2.00 bits per heavy atom. The lowest BCUT2D eigenvalue weighted by Gasteiger charge is -2.16. The van der Waals surface area contributed by atoms with E-state index in [9.17, 15) is 0 Å². The summed E-state index contributed by atoms with van der Waals surface area (Å²) >= 11 is 1.73. The normalized spacial score (nSPS) is 11.7. The van der Waals surface area contributed by atoms with Gasteiger partial charge in [-0.1, -0.05) is 0 Å². The second-order valence-electron chi connectivity index (χ2n) is 5.00. The summed E-state index contributed by atoms with van der Waals surface area (Å²) in [4.78, 5) is 9.01. The number of thiazole rings is 1. The van der Waals surface area contributed by atoms with E-state index in [0.717, 1.165) is 37.7 Å². The molecule has 0 saturated carbocycles. The fourth-order valence-corrected chi connectivity index (χ4v) is 2.36. The zero-order valence-electron chi connectivity index (χ0n) is 12.1. The number of aryl methyl sites for hydroxylation is 1. The van der Waals surface area contributed by atoms with Crippen LogP contribution in [0.25, 0.3) is 0 Å². The molecule has 0 spiro atoms. The van der Waals surface area contributed by atoms with Gasteiger partial charge in [-0.05, 0) is 47.6 Å². The van der Waals surface area contributed by atoms with E-state index < -0.39 is 0 Å². The van der Waals surface area contributed by atoms with Crippen molar-refractivity contribution in [1.29, 1.82) is 0 Å². The SMILES string of the molecule is Cc1nc(CN(C)CCNCCCN(C)C)cs1. The van der Waals surface area contributed by atoms with Crippen molar-refractivity contribution >= 4 is 11.3 Å². The second-order valence-corrected chi connectivity index (χ2v) is 6.06. The number of nitrogens with one attached hydrogen (secondary N) is 1. The van der Waals surface area contributed by atoms with Crippen molar-refractivity contribution in [3.05, 3.63) is 16.1 Å². The summed E-state index contributed by atoms with van der Waals surface area (Å²) in [6.07, 6.45) is 1.21. The van der Waals surface area contributed by atoms with Gasteiger partial charge in [0.2, 0.25) is 0 Å². The molecule has 18 heavy (non-hydrogen) atoms. The Balaban J connectivity index is 2.01. The van der Waals surface area contributed by atoms with Crippen LogP contribution in [0.5, 0.6) is 0 Å². The van der Waals surface area contributed by atoms with Crippen LogP contribution in [0.2, 0.25) is 0 Å². The minimum atomic E-state index is 0.948. The molecule has 0 unspecified atom stereocenters. The van der Waals surface area contributed by atoms with Crippen molar-refractivity contribution < 1.29 is 0 Å². The second kappa shape index (κ2) is 8.58. The lowest BCUT2D eigenvalue weighted by Crippen LogP contribution is -2.30. The average Bonchev–Trinajstić information content (AvgIpc) is 2.68. The summed E-state index contributed by atoms with van der Waals surface area (Å²) in [6.45, 7) is 7.37. The van der Waals surface area contributed by atoms with Gasteiger partial charge in [0.25, 0.3) is 0 Å². The van der Waals surface area contributed by atoms with E-state index >= 15 is 0 Å². The van der Waals surface area contributed by atoms with Gasteiger partial charge in [-0.2, -0.15) is 0 Å². The summed E-state index contributed by atoms with van der Waals surface area (Å²) in [5, 5.41) is 6.78. The lowest BCUT2D eigenvalue weighted by molar-refractivity contribution is 0.318. The van der Waals surface area contributed by atoms with E-state index in [1.165, 1.54) is 12.1 Å². The van der Waals surface area contributed by atoms with Crippen LogP contribution in [0, 0.1) is 6.92 Å². The summed E-state index contributed by atoms with van der Waals surface area (Å²) < 4.78 is 0. The first-order valence-electron chi connectivity index (χ1n) is 6.53. The van der Waals surface area contributed by atoms with Crippen LogP contribution >= 0.6 is 11.3 Å². The molecule has 1 N–H and O–H groups in total. The Hall–Kier alpha value is -0.490. The first-order valence-corrected chi connectivity index (χ1v) is 7.41. The van der Waals surface area contributed by atoms with Crippen molar-refractivity contribution in [2.75, 3.05) is 47.3 Å². The molecule has 5 heteroatoms. The quantitative estimate of drug-likeness (QED) is 0.688. The molecule has 0 aliphatic carbocycles. The van der Waals surface area contributed by atoms with Crippen molar-refractivity contribution in [3.63, 3.8) is 0 Å². The molecule has 0 aromatic carbocycles. The Morgan fingerprint density at radius 1 is 1.22 bits per heavy atom. The van der Waals surface area contributed by atoms with Gasteiger partial charge in [0.05, 0.1) is 10.7 Å². The van der Waals surface area contributed by atoms with Crippen molar-refractivity contribution in [1.82, 2.24) is 20.1 Å². The summed E-state index contributed by atoms with van der Waals surface area (Å²) in [5.74, 6) is 0. The minimum Gasteiger partial charge on any atom is -0.315 e. The highest BCUT2D eigenvalue weighted by Crippen LogP contribution is 2.09. The molecular formula is C13H26N4S. The molecular weight excluding hydrogens is 244 g/mol. The van der Waals surface area contributed by atoms with Crippen molar-refractivity contribution in [2.45, 2.75) is 19.9 Å². The fraction of sp³-hybridized carbons (Fsp3) is 0.769. The molecule has 4 nitrogen and oxygen atoms in total. The fourth-order valence-electron chi connectivity index (χ4n) is 1.75. The maximum Gasteiger partial charge on any atom is 0.0897 e. The third-order valence-corrected chi connectivity index (χ3v) is 3.55. The van der Waals surface area contributed by atoms with Gasteiger partial charge in [-0.25, -0.2) is 4.98 Å². The number of hydrogen-bond donors (Lipinski definition) is 1. The Labute approximate surface area is 115 Å². The van der Waals surface area contributed by atoms with Crippen LogP contribution in [-0.4, -0.2) is 62.1 Å². The molecule has 0 fully saturated rings. The molecule has 0 saturated heterocycles. The molecule has 104 valence electrons. The molecule has 1 aromatic heterocycles. The Morgan fingerprint density at radius 3 is 2.61 bits per heavy atom. The lowest BCUT2D eigenvalue weighted by atomic mass is 10.4. The number of likely N-dealkylation sites (N-methyl/N-ethyl adjacent to an activating group) is 1. The number of aromatic nitrogens is 1. The summed E-state index contributed by atoms with van der Waals surface area (Å²) in [5.41, 5.74) is 1.19. The molecule has 0 amide bonds. The van der Waals surface area contributed by atoms with Gasteiger partial charge < -0.3 is 10.2 Å². The minimum absolute atomic E-state index is 0.948.